The summed E-state index contributed by atoms with van der Waals surface area (Å²) >= 11 is 7.93. The fourth-order valence-electron chi connectivity index (χ4n) is 3.71. The van der Waals surface area contributed by atoms with Gasteiger partial charge in [-0.1, -0.05) is 60.1 Å². The van der Waals surface area contributed by atoms with Crippen LogP contribution in [0.15, 0.2) is 60.4 Å². The summed E-state index contributed by atoms with van der Waals surface area (Å²) in [4.78, 5) is 16.1. The normalized spacial score (nSPS) is 20.6. The molecular formula is C22H22ClNO4S2. The van der Waals surface area contributed by atoms with E-state index in [-0.39, 0.29) is 29.7 Å². The van der Waals surface area contributed by atoms with Gasteiger partial charge >= 0.3 is 0 Å². The minimum Gasteiger partial charge on any atom is -0.486 e. The van der Waals surface area contributed by atoms with Crippen LogP contribution in [0, 0.1) is 0 Å². The molecule has 1 unspecified atom stereocenters. The molecule has 0 saturated carbocycles. The van der Waals surface area contributed by atoms with Crippen molar-refractivity contribution in [3.63, 3.8) is 0 Å². The maximum absolute atomic E-state index is 13.7. The molecule has 0 bridgehead atoms. The highest BCUT2D eigenvalue weighted by atomic mass is 35.5. The zero-order chi connectivity index (χ0) is 21.1. The Labute approximate surface area is 186 Å². The molecule has 1 saturated heterocycles. The monoisotopic (exact) mass is 463 g/mol. The summed E-state index contributed by atoms with van der Waals surface area (Å²) in [5.74, 6) is 0.800. The third-order valence-electron chi connectivity index (χ3n) is 5.22. The Kier molecular flexibility index (Phi) is 6.41. The van der Waals surface area contributed by atoms with Crippen LogP contribution in [0.3, 0.4) is 0 Å². The first kappa shape index (κ1) is 21.3. The van der Waals surface area contributed by atoms with Crippen LogP contribution in [0.2, 0.25) is 5.02 Å². The highest BCUT2D eigenvalue weighted by Gasteiger charge is 2.38. The fourth-order valence-corrected chi connectivity index (χ4v) is 6.59. The van der Waals surface area contributed by atoms with E-state index in [2.05, 4.69) is 0 Å². The summed E-state index contributed by atoms with van der Waals surface area (Å²) in [6.07, 6.45) is 0.416. The van der Waals surface area contributed by atoms with Gasteiger partial charge in [-0.3, -0.25) is 4.79 Å². The van der Waals surface area contributed by atoms with Crippen molar-refractivity contribution >= 4 is 44.0 Å². The van der Waals surface area contributed by atoms with Gasteiger partial charge in [0, 0.05) is 23.4 Å². The van der Waals surface area contributed by atoms with Crippen molar-refractivity contribution in [1.29, 1.82) is 0 Å². The van der Waals surface area contributed by atoms with Crippen LogP contribution in [0.5, 0.6) is 0 Å². The van der Waals surface area contributed by atoms with E-state index in [0.717, 1.165) is 21.8 Å². The van der Waals surface area contributed by atoms with E-state index in [0.29, 0.717) is 18.1 Å². The van der Waals surface area contributed by atoms with Crippen molar-refractivity contribution in [3.8, 4) is 0 Å². The number of hydrogen-bond donors (Lipinski definition) is 0. The van der Waals surface area contributed by atoms with E-state index in [1.807, 2.05) is 48.5 Å². The third-order valence-corrected chi connectivity index (χ3v) is 8.42. The Balaban J connectivity index is 1.73. The van der Waals surface area contributed by atoms with E-state index >= 15 is 0 Å². The Morgan fingerprint density at radius 3 is 2.57 bits per heavy atom. The molecule has 1 amide bonds. The van der Waals surface area contributed by atoms with Gasteiger partial charge in [-0.25, -0.2) is 8.42 Å². The van der Waals surface area contributed by atoms with Gasteiger partial charge in [0.25, 0.3) is 5.91 Å². The summed E-state index contributed by atoms with van der Waals surface area (Å²) in [6.45, 7) is 0.670. The van der Waals surface area contributed by atoms with Crippen LogP contribution < -0.4 is 0 Å². The van der Waals surface area contributed by atoms with Gasteiger partial charge in [-0.05, 0) is 23.6 Å². The van der Waals surface area contributed by atoms with Crippen LogP contribution in [-0.4, -0.2) is 49.1 Å². The molecule has 0 aliphatic carbocycles. The molecule has 0 radical (unpaired) electrons. The second-order valence-electron chi connectivity index (χ2n) is 7.30. The molecule has 5 nitrogen and oxygen atoms in total. The van der Waals surface area contributed by atoms with Crippen LogP contribution in [0.25, 0.3) is 4.91 Å². The molecule has 0 spiro atoms. The van der Waals surface area contributed by atoms with Gasteiger partial charge in [0.05, 0.1) is 23.0 Å². The molecule has 0 aromatic heterocycles. The number of carbonyl (C=O) groups is 1. The first-order valence-corrected chi connectivity index (χ1v) is 12.9. The topological polar surface area (TPSA) is 63.7 Å². The molecule has 0 N–H and O–H groups in total. The quantitative estimate of drug-likeness (QED) is 0.670. The van der Waals surface area contributed by atoms with E-state index < -0.39 is 15.9 Å². The van der Waals surface area contributed by atoms with Crippen LogP contribution in [0.1, 0.15) is 17.5 Å². The second kappa shape index (κ2) is 9.04. The third kappa shape index (κ3) is 4.68. The molecule has 2 aliphatic rings. The maximum atomic E-state index is 13.7. The molecular weight excluding hydrogens is 442 g/mol. The van der Waals surface area contributed by atoms with Gasteiger partial charge in [-0.2, -0.15) is 0 Å². The molecule has 158 valence electrons. The number of halogens is 1. The zero-order valence-electron chi connectivity index (χ0n) is 16.3. The summed E-state index contributed by atoms with van der Waals surface area (Å²) in [7, 11) is -3.16. The predicted molar refractivity (Wildman–Crippen MR) is 121 cm³/mol. The molecule has 1 fully saturated rings. The average molecular weight is 464 g/mol. The van der Waals surface area contributed by atoms with Crippen molar-refractivity contribution in [1.82, 2.24) is 4.90 Å². The van der Waals surface area contributed by atoms with E-state index in [9.17, 15) is 13.2 Å². The first-order valence-electron chi connectivity index (χ1n) is 9.75. The van der Waals surface area contributed by atoms with Crippen molar-refractivity contribution < 1.29 is 17.9 Å². The maximum Gasteiger partial charge on any atom is 0.290 e. The number of sulfone groups is 1. The number of rotatable bonds is 5. The summed E-state index contributed by atoms with van der Waals surface area (Å²) in [5, 5.41) is 0.548. The number of carbonyl (C=O) groups excluding carboxylic acids is 1. The lowest BCUT2D eigenvalue weighted by molar-refractivity contribution is -0.133. The minimum absolute atomic E-state index is 0.0374. The number of amides is 1. The molecule has 2 aromatic rings. The molecule has 4 rings (SSSR count). The van der Waals surface area contributed by atoms with Gasteiger partial charge in [0.15, 0.2) is 15.6 Å². The zero-order valence-corrected chi connectivity index (χ0v) is 18.7. The fraction of sp³-hybridized carbons (Fsp3) is 0.318. The van der Waals surface area contributed by atoms with E-state index in [1.54, 1.807) is 22.7 Å². The van der Waals surface area contributed by atoms with Crippen molar-refractivity contribution in [2.45, 2.75) is 19.0 Å². The molecule has 2 heterocycles. The number of ether oxygens (including phenoxy) is 1. The highest BCUT2D eigenvalue weighted by Crippen LogP contribution is 2.36. The Hall–Kier alpha value is -1.96. The SMILES string of the molecule is O=C(C1=C(c2ccccc2)SCCO1)N(Cc1ccccc1Cl)C1CCS(=O)(=O)C1. The first-order chi connectivity index (χ1) is 14.4. The Morgan fingerprint density at radius 1 is 1.13 bits per heavy atom. The number of nitrogens with zero attached hydrogens (tertiary/aromatic N) is 1. The minimum atomic E-state index is -3.16. The number of hydrogen-bond acceptors (Lipinski definition) is 5. The number of benzene rings is 2. The van der Waals surface area contributed by atoms with Crippen molar-refractivity contribution in [2.75, 3.05) is 23.9 Å². The lowest BCUT2D eigenvalue weighted by Crippen LogP contribution is -2.42. The lowest BCUT2D eigenvalue weighted by atomic mass is 10.1. The smallest absolute Gasteiger partial charge is 0.290 e. The summed E-state index contributed by atoms with van der Waals surface area (Å²) < 4.78 is 30.1. The molecule has 2 aromatic carbocycles. The van der Waals surface area contributed by atoms with Gasteiger partial charge in [-0.15, -0.1) is 11.8 Å². The van der Waals surface area contributed by atoms with E-state index in [1.165, 1.54) is 0 Å². The predicted octanol–water partition coefficient (Wildman–Crippen LogP) is 3.99. The largest absolute Gasteiger partial charge is 0.486 e. The summed E-state index contributed by atoms with van der Waals surface area (Å²) in [6, 6.07) is 16.6. The van der Waals surface area contributed by atoms with Crippen molar-refractivity contribution in [3.05, 3.63) is 76.5 Å². The molecule has 2 aliphatic heterocycles. The number of thioether (sulfide) groups is 1. The second-order valence-corrected chi connectivity index (χ2v) is 11.0. The van der Waals surface area contributed by atoms with Gasteiger partial charge in [0.2, 0.25) is 0 Å². The van der Waals surface area contributed by atoms with Gasteiger partial charge < -0.3 is 9.64 Å². The van der Waals surface area contributed by atoms with E-state index in [4.69, 9.17) is 16.3 Å². The standard InChI is InChI=1S/C22H22ClNO4S2/c23-19-9-5-4-8-17(19)14-24(18-10-13-30(26,27)15-18)22(25)20-21(29-12-11-28-20)16-6-2-1-3-7-16/h1-9,18H,10-15H2. The van der Waals surface area contributed by atoms with Crippen LogP contribution in [0.4, 0.5) is 0 Å². The Bertz CT molecular complexity index is 1070. The van der Waals surface area contributed by atoms with Crippen LogP contribution in [-0.2, 0) is 25.9 Å². The summed E-state index contributed by atoms with van der Waals surface area (Å²) in [5.41, 5.74) is 1.70. The highest BCUT2D eigenvalue weighted by molar-refractivity contribution is 8.08. The average Bonchev–Trinajstić information content (AvgIpc) is 3.12. The van der Waals surface area contributed by atoms with Gasteiger partial charge in [0.1, 0.15) is 0 Å². The lowest BCUT2D eigenvalue weighted by Gasteiger charge is -2.31. The van der Waals surface area contributed by atoms with Crippen molar-refractivity contribution in [2.24, 2.45) is 0 Å². The molecule has 30 heavy (non-hydrogen) atoms. The molecule has 8 heteroatoms. The van der Waals surface area contributed by atoms with Crippen LogP contribution >= 0.6 is 23.4 Å². The molecule has 1 atom stereocenters. The Morgan fingerprint density at radius 2 is 1.87 bits per heavy atom.